The average molecular weight is 1310 g/mol. The van der Waals surface area contributed by atoms with Gasteiger partial charge in [-0.15, -0.1) is 42.0 Å². The van der Waals surface area contributed by atoms with Crippen molar-refractivity contribution in [1.29, 1.82) is 0 Å². The summed E-state index contributed by atoms with van der Waals surface area (Å²) >= 11 is 0. The van der Waals surface area contributed by atoms with E-state index in [1.54, 1.807) is 12.3 Å². The molecular formula is C81H65N4OPt-3. The quantitative estimate of drug-likeness (QED) is 0.121. The summed E-state index contributed by atoms with van der Waals surface area (Å²) < 4.78 is 36.0. The number of aromatic nitrogens is 2. The van der Waals surface area contributed by atoms with E-state index >= 15 is 0 Å². The van der Waals surface area contributed by atoms with Crippen LogP contribution in [0.5, 0.6) is 11.5 Å². The van der Waals surface area contributed by atoms with Gasteiger partial charge in [-0.05, 0) is 109 Å². The molecule has 0 saturated carbocycles. The molecule has 87 heavy (non-hydrogen) atoms. The van der Waals surface area contributed by atoms with Crippen molar-refractivity contribution in [2.24, 2.45) is 0 Å². The molecule has 5 nitrogen and oxygen atoms in total. The molecule has 11 aromatic carbocycles. The van der Waals surface area contributed by atoms with E-state index in [-0.39, 0.29) is 37.5 Å². The Bertz CT molecular complexity index is 4780. The van der Waals surface area contributed by atoms with Crippen molar-refractivity contribution in [2.45, 2.75) is 59.2 Å². The first-order valence-corrected chi connectivity index (χ1v) is 29.4. The number of nitrogens with zero attached hydrogens (tertiary/aromatic N) is 4. The van der Waals surface area contributed by atoms with E-state index in [4.69, 9.17) is 13.8 Å². The number of aryl methyl sites for hydroxylation is 1. The summed E-state index contributed by atoms with van der Waals surface area (Å²) in [4.78, 5) is 9.64. The van der Waals surface area contributed by atoms with Crippen molar-refractivity contribution < 1.29 is 29.9 Å². The van der Waals surface area contributed by atoms with Gasteiger partial charge in [-0.2, -0.15) is 12.1 Å². The van der Waals surface area contributed by atoms with Crippen LogP contribution >= 0.6 is 0 Å². The van der Waals surface area contributed by atoms with E-state index in [2.05, 4.69) is 258 Å². The maximum Gasteiger partial charge on any atom is 0.135 e. The Morgan fingerprint density at radius 1 is 0.437 bits per heavy atom. The summed E-state index contributed by atoms with van der Waals surface area (Å²) in [6.45, 7) is 13.0. The third kappa shape index (κ3) is 10.9. The van der Waals surface area contributed by atoms with Crippen LogP contribution in [0.15, 0.2) is 261 Å². The largest absolute Gasteiger partial charge is 0.509 e. The molecule has 0 atom stereocenters. The normalized spacial score (nSPS) is 13.0. The Morgan fingerprint density at radius 3 is 1.59 bits per heavy atom. The number of para-hydroxylation sites is 3. The molecule has 13 aromatic rings. The zero-order chi connectivity index (χ0) is 61.2. The summed E-state index contributed by atoms with van der Waals surface area (Å²) in [5.41, 5.74) is 19.9. The Hall–Kier alpha value is -9.54. The summed E-state index contributed by atoms with van der Waals surface area (Å²) in [5, 5.41) is 1.86. The van der Waals surface area contributed by atoms with Gasteiger partial charge in [0.1, 0.15) is 5.82 Å². The third-order valence-corrected chi connectivity index (χ3v) is 16.6. The maximum absolute atomic E-state index is 8.94. The number of benzene rings is 11. The van der Waals surface area contributed by atoms with Crippen LogP contribution in [-0.4, -0.2) is 9.55 Å². The van der Waals surface area contributed by atoms with Crippen LogP contribution in [0.1, 0.15) is 62.3 Å². The van der Waals surface area contributed by atoms with Gasteiger partial charge in [0.25, 0.3) is 0 Å². The van der Waals surface area contributed by atoms with Crippen LogP contribution in [0, 0.1) is 25.7 Å². The molecule has 2 aromatic heterocycles. The molecule has 0 bridgehead atoms. The second kappa shape index (κ2) is 23.0. The van der Waals surface area contributed by atoms with Crippen LogP contribution in [0.25, 0.3) is 94.4 Å². The minimum absolute atomic E-state index is 0. The minimum Gasteiger partial charge on any atom is -0.509 e. The van der Waals surface area contributed by atoms with Gasteiger partial charge >= 0.3 is 0 Å². The van der Waals surface area contributed by atoms with Crippen molar-refractivity contribution in [1.82, 2.24) is 9.55 Å². The molecule has 1 aliphatic heterocycles. The molecule has 14 rings (SSSR count). The number of pyridine rings is 1. The molecule has 1 aliphatic rings. The fraction of sp³-hybridized carbons (Fsp3) is 0.111. The minimum atomic E-state index is -2.46. The van der Waals surface area contributed by atoms with E-state index in [9.17, 15) is 0 Å². The number of anilines is 4. The van der Waals surface area contributed by atoms with E-state index in [0.29, 0.717) is 28.4 Å². The molecule has 0 fully saturated rings. The van der Waals surface area contributed by atoms with E-state index in [0.717, 1.165) is 106 Å². The first kappa shape index (κ1) is 53.0. The Kier molecular flexibility index (Phi) is 14.0. The van der Waals surface area contributed by atoms with Gasteiger partial charge in [0.05, 0.1) is 0 Å². The zero-order valence-corrected chi connectivity index (χ0v) is 51.7. The first-order valence-electron chi connectivity index (χ1n) is 30.9. The van der Waals surface area contributed by atoms with Crippen molar-refractivity contribution in [3.05, 3.63) is 296 Å². The van der Waals surface area contributed by atoms with E-state index in [1.165, 1.54) is 5.56 Å². The standard InChI is InChI=1S/C81H65N4O.Pt/c1-54-46-78(82-52-72(54)59-38-43-64(44-39-59)81(5,6)7)85-73-45-40-61(56-24-13-9-14-25-56)48-70(73)71-50-69(57-26-15-10-16-27-57)77(51-76(71)85)86-66-31-20-30-65(49-66)83-53-84(75-35-18-17-34-74(75)83)79-67(58-36-41-63(42-37-58)80(2,3)4)32-21-33-68(79)62-29-19-28-60(47-62)55-22-11-8-12-23-55;/h8-48,50,52-53H,1-7H3;/q-3;/i1D3;. The Labute approximate surface area is 530 Å². The zero-order valence-electron chi connectivity index (χ0n) is 52.4. The molecule has 0 radical (unpaired) electrons. The van der Waals surface area contributed by atoms with Crippen molar-refractivity contribution in [3.8, 4) is 84.1 Å². The average Bonchev–Trinajstić information content (AvgIpc) is 1.58. The van der Waals surface area contributed by atoms with Gasteiger partial charge in [-0.3, -0.25) is 0 Å². The monoisotopic (exact) mass is 1310 g/mol. The maximum atomic E-state index is 8.94. The second-order valence-electron chi connectivity index (χ2n) is 24.3. The van der Waals surface area contributed by atoms with Crippen molar-refractivity contribution in [2.75, 3.05) is 9.80 Å². The molecular weight excluding hydrogens is 1240 g/mol. The predicted octanol–water partition coefficient (Wildman–Crippen LogP) is 21.9. The molecule has 3 heterocycles. The van der Waals surface area contributed by atoms with Gasteiger partial charge in [-0.1, -0.05) is 258 Å². The number of hydrogen-bond donors (Lipinski definition) is 0. The molecule has 0 saturated heterocycles. The summed E-state index contributed by atoms with van der Waals surface area (Å²) in [6.07, 6.45) is 1.71. The van der Waals surface area contributed by atoms with Crippen LogP contribution in [-0.2, 0) is 31.9 Å². The van der Waals surface area contributed by atoms with E-state index < -0.39 is 6.85 Å². The fourth-order valence-electron chi connectivity index (χ4n) is 12.0. The number of rotatable bonds is 11. The predicted molar refractivity (Wildman–Crippen MR) is 359 cm³/mol. The number of fused-ring (bicyclic) bond motifs is 4. The van der Waals surface area contributed by atoms with Gasteiger partial charge in [0.15, 0.2) is 0 Å². The van der Waals surface area contributed by atoms with Gasteiger partial charge in [0.2, 0.25) is 0 Å². The molecule has 0 unspecified atom stereocenters. The van der Waals surface area contributed by atoms with Crippen LogP contribution in [0.3, 0.4) is 0 Å². The molecule has 0 N–H and O–H groups in total. The summed E-state index contributed by atoms with van der Waals surface area (Å²) in [6, 6.07) is 96.1. The molecule has 0 amide bonds. The van der Waals surface area contributed by atoms with E-state index in [1.807, 2.05) is 65.2 Å². The second-order valence-corrected chi connectivity index (χ2v) is 24.3. The summed E-state index contributed by atoms with van der Waals surface area (Å²) in [7, 11) is 0. The first-order chi connectivity index (χ1) is 43.0. The van der Waals surface area contributed by atoms with Crippen LogP contribution in [0.4, 0.5) is 22.7 Å². The SMILES string of the molecule is [2H]C([2H])([2H])c1cc(-n2c3[c-]c(Oc4[c-]c(N5[CH-]N(c6c(-c7ccc(C(C)(C)C)cc7)cccc6-c6cccc(-c7ccccc7)c6)c6ccccc65)ccc4)c(-c4ccccc4)cc3c3cc(-c4ccccc4)ccc32)ncc1-c1ccc(C(C)(C)C)cc1.[Pt]. The number of hydrogen-bond acceptors (Lipinski definition) is 4. The van der Waals surface area contributed by atoms with Crippen LogP contribution < -0.4 is 14.5 Å². The van der Waals surface area contributed by atoms with Crippen molar-refractivity contribution in [3.63, 3.8) is 0 Å². The number of ether oxygens (including phenoxy) is 1. The topological polar surface area (TPSA) is 33.5 Å². The fourth-order valence-corrected chi connectivity index (χ4v) is 12.0. The molecule has 6 heteroatoms. The molecule has 428 valence electrons. The summed E-state index contributed by atoms with van der Waals surface area (Å²) in [5.74, 6) is 1.40. The van der Waals surface area contributed by atoms with Gasteiger partial charge in [0, 0.05) is 82.1 Å². The van der Waals surface area contributed by atoms with Crippen LogP contribution in [0.2, 0.25) is 0 Å². The van der Waals surface area contributed by atoms with Gasteiger partial charge in [-0.25, -0.2) is 4.98 Å². The smallest absolute Gasteiger partial charge is 0.135 e. The third-order valence-electron chi connectivity index (χ3n) is 16.6. The molecule has 0 aliphatic carbocycles. The molecule has 0 spiro atoms. The van der Waals surface area contributed by atoms with Crippen molar-refractivity contribution >= 4 is 44.6 Å². The Balaban J connectivity index is 0.00000743. The Morgan fingerprint density at radius 2 is 0.954 bits per heavy atom. The van der Waals surface area contributed by atoms with Gasteiger partial charge < -0.3 is 19.1 Å².